The molecule has 3 N–H and O–H groups in total. The summed E-state index contributed by atoms with van der Waals surface area (Å²) in [6.07, 6.45) is 3.43. The van der Waals surface area contributed by atoms with Crippen molar-refractivity contribution in [3.63, 3.8) is 0 Å². The maximum Gasteiger partial charge on any atom is 0.253 e. The van der Waals surface area contributed by atoms with Crippen LogP contribution in [0.3, 0.4) is 0 Å². The summed E-state index contributed by atoms with van der Waals surface area (Å²) >= 11 is 0. The first-order valence-electron chi connectivity index (χ1n) is 7.76. The molecule has 0 bridgehead atoms. The molecule has 1 aliphatic rings. The highest BCUT2D eigenvalue weighted by Gasteiger charge is 2.27. The third kappa shape index (κ3) is 3.69. The van der Waals surface area contributed by atoms with Gasteiger partial charge in [0.2, 0.25) is 0 Å². The minimum Gasteiger partial charge on any atom is -0.399 e. The first-order valence-corrected chi connectivity index (χ1v) is 7.76. The van der Waals surface area contributed by atoms with Crippen LogP contribution < -0.4 is 16.0 Å². The Bertz CT molecular complexity index is 513. The summed E-state index contributed by atoms with van der Waals surface area (Å²) in [6, 6.07) is 5.76. The van der Waals surface area contributed by atoms with Crippen molar-refractivity contribution in [1.82, 2.24) is 5.32 Å². The molecule has 116 valence electrons. The zero-order valence-electron chi connectivity index (χ0n) is 13.5. The molecule has 2 rings (SSSR count). The monoisotopic (exact) mass is 289 g/mol. The van der Waals surface area contributed by atoms with Gasteiger partial charge in [0, 0.05) is 31.5 Å². The van der Waals surface area contributed by atoms with Gasteiger partial charge in [0.15, 0.2) is 0 Å². The van der Waals surface area contributed by atoms with Gasteiger partial charge in [-0.3, -0.25) is 4.79 Å². The van der Waals surface area contributed by atoms with Gasteiger partial charge in [0.25, 0.3) is 5.91 Å². The fourth-order valence-electron chi connectivity index (χ4n) is 3.25. The molecule has 1 amide bonds. The molecule has 1 aliphatic carbocycles. The van der Waals surface area contributed by atoms with Crippen molar-refractivity contribution in [2.75, 3.05) is 24.7 Å². The minimum absolute atomic E-state index is 0.0163. The second-order valence-electron chi connectivity index (χ2n) is 6.65. The standard InChI is InChI=1S/C17H27N3O/c1-11-5-7-15(12(2)9-11)19-17(21)14-10-13(18)6-8-16(14)20(3)4/h6,8,10-12,15H,5,7,9,18H2,1-4H3,(H,19,21). The SMILES string of the molecule is CC1CCC(NC(=O)c2cc(N)ccc2N(C)C)C(C)C1. The lowest BCUT2D eigenvalue weighted by atomic mass is 9.80. The van der Waals surface area contributed by atoms with Crippen molar-refractivity contribution >= 4 is 17.3 Å². The highest BCUT2D eigenvalue weighted by molar-refractivity contribution is 6.00. The zero-order chi connectivity index (χ0) is 15.6. The van der Waals surface area contributed by atoms with E-state index in [4.69, 9.17) is 5.73 Å². The molecule has 3 atom stereocenters. The first kappa shape index (κ1) is 15.7. The average molecular weight is 289 g/mol. The Kier molecular flexibility index (Phi) is 4.76. The molecule has 3 unspecified atom stereocenters. The fourth-order valence-corrected chi connectivity index (χ4v) is 3.25. The summed E-state index contributed by atoms with van der Waals surface area (Å²) in [5.41, 5.74) is 8.03. The van der Waals surface area contributed by atoms with Crippen molar-refractivity contribution in [2.45, 2.75) is 39.2 Å². The van der Waals surface area contributed by atoms with E-state index >= 15 is 0 Å². The van der Waals surface area contributed by atoms with Crippen molar-refractivity contribution in [3.05, 3.63) is 23.8 Å². The molecule has 1 aromatic rings. The lowest BCUT2D eigenvalue weighted by Gasteiger charge is -2.33. The molecule has 1 saturated carbocycles. The Morgan fingerprint density at radius 2 is 2.00 bits per heavy atom. The minimum atomic E-state index is -0.0163. The van der Waals surface area contributed by atoms with Gasteiger partial charge < -0.3 is 16.0 Å². The van der Waals surface area contributed by atoms with E-state index in [1.54, 1.807) is 6.07 Å². The van der Waals surface area contributed by atoms with Crippen molar-refractivity contribution in [2.24, 2.45) is 11.8 Å². The van der Waals surface area contributed by atoms with Crippen LogP contribution in [-0.4, -0.2) is 26.0 Å². The van der Waals surface area contributed by atoms with Crippen LogP contribution in [0.15, 0.2) is 18.2 Å². The number of benzene rings is 1. The molecule has 0 aromatic heterocycles. The van der Waals surface area contributed by atoms with E-state index < -0.39 is 0 Å². The quantitative estimate of drug-likeness (QED) is 0.841. The molecule has 0 heterocycles. The number of carbonyl (C=O) groups excluding carboxylic acids is 1. The number of hydrogen-bond acceptors (Lipinski definition) is 3. The molecule has 0 aliphatic heterocycles. The first-order chi connectivity index (χ1) is 9.88. The second-order valence-corrected chi connectivity index (χ2v) is 6.65. The van der Waals surface area contributed by atoms with Crippen LogP contribution in [0.25, 0.3) is 0 Å². The maximum absolute atomic E-state index is 12.6. The molecule has 4 heteroatoms. The maximum atomic E-state index is 12.6. The topological polar surface area (TPSA) is 58.4 Å². The number of nitrogens with zero attached hydrogens (tertiary/aromatic N) is 1. The van der Waals surface area contributed by atoms with E-state index in [1.165, 1.54) is 12.8 Å². The van der Waals surface area contributed by atoms with Crippen molar-refractivity contribution in [1.29, 1.82) is 0 Å². The normalized spacial score (nSPS) is 25.4. The number of nitrogens with one attached hydrogen (secondary N) is 1. The Hall–Kier alpha value is -1.71. The number of nitrogens with two attached hydrogens (primary N) is 1. The van der Waals surface area contributed by atoms with Gasteiger partial charge in [-0.2, -0.15) is 0 Å². The van der Waals surface area contributed by atoms with E-state index in [0.29, 0.717) is 17.2 Å². The number of anilines is 2. The number of amides is 1. The molecule has 1 fully saturated rings. The van der Waals surface area contributed by atoms with E-state index in [1.807, 2.05) is 31.1 Å². The van der Waals surface area contributed by atoms with E-state index in [-0.39, 0.29) is 11.9 Å². The van der Waals surface area contributed by atoms with E-state index in [9.17, 15) is 4.79 Å². The predicted octanol–water partition coefficient (Wildman–Crippen LogP) is 2.89. The predicted molar refractivity (Wildman–Crippen MR) is 88.6 cm³/mol. The second kappa shape index (κ2) is 6.37. The van der Waals surface area contributed by atoms with Gasteiger partial charge in [0.05, 0.1) is 5.56 Å². The third-order valence-corrected chi connectivity index (χ3v) is 4.50. The van der Waals surface area contributed by atoms with E-state index in [2.05, 4.69) is 19.2 Å². The Labute approximate surface area is 127 Å². The highest BCUT2D eigenvalue weighted by atomic mass is 16.1. The van der Waals surface area contributed by atoms with Crippen LogP contribution in [0.2, 0.25) is 0 Å². The lowest BCUT2D eigenvalue weighted by Crippen LogP contribution is -2.42. The Balaban J connectivity index is 2.15. The Morgan fingerprint density at radius 3 is 2.62 bits per heavy atom. The molecule has 0 saturated heterocycles. The molecular formula is C17H27N3O. The van der Waals surface area contributed by atoms with Crippen LogP contribution in [0.4, 0.5) is 11.4 Å². The summed E-state index contributed by atoms with van der Waals surface area (Å²) in [5, 5.41) is 3.21. The lowest BCUT2D eigenvalue weighted by molar-refractivity contribution is 0.0900. The summed E-state index contributed by atoms with van der Waals surface area (Å²) in [5.74, 6) is 1.27. The van der Waals surface area contributed by atoms with Crippen LogP contribution >= 0.6 is 0 Å². The van der Waals surface area contributed by atoms with Gasteiger partial charge in [0.1, 0.15) is 0 Å². The van der Waals surface area contributed by atoms with Crippen molar-refractivity contribution in [3.8, 4) is 0 Å². The zero-order valence-corrected chi connectivity index (χ0v) is 13.5. The summed E-state index contributed by atoms with van der Waals surface area (Å²) < 4.78 is 0. The van der Waals surface area contributed by atoms with Gasteiger partial charge in [-0.05, 0) is 49.3 Å². The van der Waals surface area contributed by atoms with Gasteiger partial charge in [-0.1, -0.05) is 13.8 Å². The third-order valence-electron chi connectivity index (χ3n) is 4.50. The molecule has 4 nitrogen and oxygen atoms in total. The molecular weight excluding hydrogens is 262 g/mol. The number of carbonyl (C=O) groups is 1. The average Bonchev–Trinajstić information content (AvgIpc) is 2.41. The molecule has 1 aromatic carbocycles. The molecule has 0 spiro atoms. The number of rotatable bonds is 3. The summed E-state index contributed by atoms with van der Waals surface area (Å²) in [6.45, 7) is 4.52. The summed E-state index contributed by atoms with van der Waals surface area (Å²) in [4.78, 5) is 14.6. The highest BCUT2D eigenvalue weighted by Crippen LogP contribution is 2.29. The smallest absolute Gasteiger partial charge is 0.253 e. The van der Waals surface area contributed by atoms with Crippen LogP contribution in [0.1, 0.15) is 43.5 Å². The largest absolute Gasteiger partial charge is 0.399 e. The molecule has 21 heavy (non-hydrogen) atoms. The van der Waals surface area contributed by atoms with Crippen LogP contribution in [-0.2, 0) is 0 Å². The van der Waals surface area contributed by atoms with Gasteiger partial charge >= 0.3 is 0 Å². The van der Waals surface area contributed by atoms with Crippen molar-refractivity contribution < 1.29 is 4.79 Å². The van der Waals surface area contributed by atoms with Crippen LogP contribution in [0, 0.1) is 11.8 Å². The van der Waals surface area contributed by atoms with Gasteiger partial charge in [-0.25, -0.2) is 0 Å². The molecule has 0 radical (unpaired) electrons. The van der Waals surface area contributed by atoms with Crippen LogP contribution in [0.5, 0.6) is 0 Å². The number of nitrogen functional groups attached to an aromatic ring is 1. The fraction of sp³-hybridized carbons (Fsp3) is 0.588. The van der Waals surface area contributed by atoms with Gasteiger partial charge in [-0.15, -0.1) is 0 Å². The number of hydrogen-bond donors (Lipinski definition) is 2. The van der Waals surface area contributed by atoms with E-state index in [0.717, 1.165) is 18.0 Å². The Morgan fingerprint density at radius 1 is 1.29 bits per heavy atom. The summed E-state index contributed by atoms with van der Waals surface area (Å²) in [7, 11) is 3.88.